The van der Waals surface area contributed by atoms with Gasteiger partial charge in [-0.1, -0.05) is 48.1 Å². The van der Waals surface area contributed by atoms with Gasteiger partial charge in [0.25, 0.3) is 5.91 Å². The van der Waals surface area contributed by atoms with Gasteiger partial charge in [-0.15, -0.1) is 0 Å². The SMILES string of the molecule is Cc1cccc(Cl)c1NC(=O)c1ccc(C(N)=S)cc1. The third-order valence-electron chi connectivity index (χ3n) is 2.89. The Hall–Kier alpha value is -1.91. The Morgan fingerprint density at radius 2 is 1.75 bits per heavy atom. The molecule has 1 amide bonds. The predicted octanol–water partition coefficient (Wildman–Crippen LogP) is 3.53. The lowest BCUT2D eigenvalue weighted by Gasteiger charge is -2.10. The van der Waals surface area contributed by atoms with Gasteiger partial charge in [-0.05, 0) is 30.7 Å². The van der Waals surface area contributed by atoms with Gasteiger partial charge >= 0.3 is 0 Å². The van der Waals surface area contributed by atoms with E-state index in [9.17, 15) is 4.79 Å². The zero-order valence-corrected chi connectivity index (χ0v) is 12.4. The van der Waals surface area contributed by atoms with Crippen molar-refractivity contribution in [2.45, 2.75) is 6.92 Å². The Morgan fingerprint density at radius 3 is 2.30 bits per heavy atom. The maximum absolute atomic E-state index is 12.2. The molecule has 2 aromatic rings. The molecule has 0 aliphatic rings. The van der Waals surface area contributed by atoms with Crippen LogP contribution in [0, 0.1) is 6.92 Å². The lowest BCUT2D eigenvalue weighted by molar-refractivity contribution is 0.102. The molecule has 20 heavy (non-hydrogen) atoms. The Balaban J connectivity index is 2.22. The number of hydrogen-bond acceptors (Lipinski definition) is 2. The highest BCUT2D eigenvalue weighted by Gasteiger charge is 2.10. The molecule has 0 heterocycles. The molecule has 5 heteroatoms. The van der Waals surface area contributed by atoms with Gasteiger partial charge in [0.15, 0.2) is 0 Å². The zero-order valence-electron chi connectivity index (χ0n) is 10.8. The summed E-state index contributed by atoms with van der Waals surface area (Å²) >= 11 is 10.9. The third-order valence-corrected chi connectivity index (χ3v) is 3.44. The van der Waals surface area contributed by atoms with Gasteiger partial charge in [0.2, 0.25) is 0 Å². The molecule has 0 fully saturated rings. The van der Waals surface area contributed by atoms with Crippen LogP contribution in [-0.2, 0) is 0 Å². The van der Waals surface area contributed by atoms with E-state index in [1.165, 1.54) is 0 Å². The Kier molecular flexibility index (Phi) is 4.37. The van der Waals surface area contributed by atoms with Crippen molar-refractivity contribution in [2.75, 3.05) is 5.32 Å². The van der Waals surface area contributed by atoms with E-state index in [0.29, 0.717) is 21.3 Å². The minimum absolute atomic E-state index is 0.226. The van der Waals surface area contributed by atoms with Crippen LogP contribution in [0.25, 0.3) is 0 Å². The molecular weight excluding hydrogens is 292 g/mol. The van der Waals surface area contributed by atoms with Crippen LogP contribution in [0.3, 0.4) is 0 Å². The molecule has 3 N–H and O–H groups in total. The van der Waals surface area contributed by atoms with Gasteiger partial charge in [0.1, 0.15) is 4.99 Å². The molecule has 102 valence electrons. The van der Waals surface area contributed by atoms with Crippen molar-refractivity contribution < 1.29 is 4.79 Å². The highest BCUT2D eigenvalue weighted by atomic mass is 35.5. The molecule has 3 nitrogen and oxygen atoms in total. The summed E-state index contributed by atoms with van der Waals surface area (Å²) in [6, 6.07) is 12.3. The van der Waals surface area contributed by atoms with Crippen LogP contribution in [0.15, 0.2) is 42.5 Å². The van der Waals surface area contributed by atoms with Crippen molar-refractivity contribution in [1.82, 2.24) is 0 Å². The number of para-hydroxylation sites is 1. The smallest absolute Gasteiger partial charge is 0.255 e. The van der Waals surface area contributed by atoms with E-state index in [4.69, 9.17) is 29.6 Å². The molecule has 0 aliphatic heterocycles. The average molecular weight is 305 g/mol. The van der Waals surface area contributed by atoms with Gasteiger partial charge in [-0.25, -0.2) is 0 Å². The molecule has 2 aromatic carbocycles. The van der Waals surface area contributed by atoms with E-state index in [1.807, 2.05) is 19.1 Å². The first-order valence-electron chi connectivity index (χ1n) is 5.95. The third kappa shape index (κ3) is 3.15. The minimum atomic E-state index is -0.226. The minimum Gasteiger partial charge on any atom is -0.389 e. The maximum Gasteiger partial charge on any atom is 0.255 e. The van der Waals surface area contributed by atoms with Crippen LogP contribution in [-0.4, -0.2) is 10.9 Å². The summed E-state index contributed by atoms with van der Waals surface area (Å²) in [6.07, 6.45) is 0. The van der Waals surface area contributed by atoms with Gasteiger partial charge in [-0.2, -0.15) is 0 Å². The van der Waals surface area contributed by atoms with E-state index >= 15 is 0 Å². The quantitative estimate of drug-likeness (QED) is 0.853. The van der Waals surface area contributed by atoms with Gasteiger partial charge in [-0.3, -0.25) is 4.79 Å². The number of nitrogens with one attached hydrogen (secondary N) is 1. The summed E-state index contributed by atoms with van der Waals surface area (Å²) < 4.78 is 0. The number of nitrogens with two attached hydrogens (primary N) is 1. The number of halogens is 1. The number of thiocarbonyl (C=S) groups is 1. The Morgan fingerprint density at radius 1 is 1.15 bits per heavy atom. The predicted molar refractivity (Wildman–Crippen MR) is 86.5 cm³/mol. The fourth-order valence-electron chi connectivity index (χ4n) is 1.76. The topological polar surface area (TPSA) is 55.1 Å². The average Bonchev–Trinajstić information content (AvgIpc) is 2.43. The largest absolute Gasteiger partial charge is 0.389 e. The van der Waals surface area contributed by atoms with Gasteiger partial charge in [0.05, 0.1) is 10.7 Å². The van der Waals surface area contributed by atoms with Crippen molar-refractivity contribution >= 4 is 40.4 Å². The number of aryl methyl sites for hydroxylation is 1. The normalized spacial score (nSPS) is 10.1. The fraction of sp³-hybridized carbons (Fsp3) is 0.0667. The number of benzene rings is 2. The maximum atomic E-state index is 12.2. The molecule has 0 saturated carbocycles. The number of carbonyl (C=O) groups is 1. The van der Waals surface area contributed by atoms with Crippen molar-refractivity contribution in [1.29, 1.82) is 0 Å². The molecule has 0 aromatic heterocycles. The summed E-state index contributed by atoms with van der Waals surface area (Å²) in [5.41, 5.74) is 8.29. The lowest BCUT2D eigenvalue weighted by Crippen LogP contribution is -2.14. The number of rotatable bonds is 3. The Bertz CT molecular complexity index is 648. The van der Waals surface area contributed by atoms with Gasteiger partial charge < -0.3 is 11.1 Å². The van der Waals surface area contributed by atoms with E-state index in [0.717, 1.165) is 11.1 Å². The lowest BCUT2D eigenvalue weighted by atomic mass is 10.1. The standard InChI is InChI=1S/C15H13ClN2OS/c1-9-3-2-4-12(16)13(9)18-15(19)11-7-5-10(6-8-11)14(17)20/h2-8H,1H3,(H2,17,20)(H,18,19). The van der Waals surface area contributed by atoms with Crippen LogP contribution in [0.1, 0.15) is 21.5 Å². The second kappa shape index (κ2) is 6.03. The van der Waals surface area contributed by atoms with Gasteiger partial charge in [0, 0.05) is 11.1 Å². The first-order valence-corrected chi connectivity index (χ1v) is 6.74. The molecular formula is C15H13ClN2OS. The number of amides is 1. The van der Waals surface area contributed by atoms with E-state index in [-0.39, 0.29) is 5.91 Å². The highest BCUT2D eigenvalue weighted by molar-refractivity contribution is 7.80. The van der Waals surface area contributed by atoms with Crippen molar-refractivity contribution in [3.8, 4) is 0 Å². The van der Waals surface area contributed by atoms with Crippen molar-refractivity contribution in [3.05, 3.63) is 64.2 Å². The van der Waals surface area contributed by atoms with E-state index in [2.05, 4.69) is 5.32 Å². The van der Waals surface area contributed by atoms with Crippen LogP contribution < -0.4 is 11.1 Å². The van der Waals surface area contributed by atoms with Crippen molar-refractivity contribution in [3.63, 3.8) is 0 Å². The van der Waals surface area contributed by atoms with Crippen LogP contribution in [0.5, 0.6) is 0 Å². The molecule has 2 rings (SSSR count). The molecule has 0 bridgehead atoms. The second-order valence-electron chi connectivity index (χ2n) is 4.33. The number of hydrogen-bond donors (Lipinski definition) is 2. The highest BCUT2D eigenvalue weighted by Crippen LogP contribution is 2.25. The van der Waals surface area contributed by atoms with Crippen LogP contribution in [0.4, 0.5) is 5.69 Å². The fourth-order valence-corrected chi connectivity index (χ4v) is 2.17. The van der Waals surface area contributed by atoms with Crippen LogP contribution >= 0.6 is 23.8 Å². The molecule has 0 spiro atoms. The second-order valence-corrected chi connectivity index (χ2v) is 5.17. The first kappa shape index (κ1) is 14.5. The first-order chi connectivity index (χ1) is 9.49. The van der Waals surface area contributed by atoms with Crippen LogP contribution in [0.2, 0.25) is 5.02 Å². The number of anilines is 1. The van der Waals surface area contributed by atoms with E-state index < -0.39 is 0 Å². The molecule has 0 saturated heterocycles. The number of carbonyl (C=O) groups excluding carboxylic acids is 1. The molecule has 0 atom stereocenters. The molecule has 0 unspecified atom stereocenters. The summed E-state index contributed by atoms with van der Waals surface area (Å²) in [7, 11) is 0. The zero-order chi connectivity index (χ0) is 14.7. The summed E-state index contributed by atoms with van der Waals surface area (Å²) in [5.74, 6) is -0.226. The molecule has 0 radical (unpaired) electrons. The molecule has 0 aliphatic carbocycles. The summed E-state index contributed by atoms with van der Waals surface area (Å²) in [6.45, 7) is 1.89. The summed E-state index contributed by atoms with van der Waals surface area (Å²) in [5, 5.41) is 3.32. The monoisotopic (exact) mass is 304 g/mol. The summed E-state index contributed by atoms with van der Waals surface area (Å²) in [4.78, 5) is 12.5. The van der Waals surface area contributed by atoms with E-state index in [1.54, 1.807) is 30.3 Å². The Labute approximate surface area is 127 Å². The van der Waals surface area contributed by atoms with Crippen molar-refractivity contribution in [2.24, 2.45) is 5.73 Å².